The van der Waals surface area contributed by atoms with Crippen LogP contribution in [0.2, 0.25) is 0 Å². The van der Waals surface area contributed by atoms with E-state index in [9.17, 15) is 9.59 Å². The van der Waals surface area contributed by atoms with Gasteiger partial charge in [-0.3, -0.25) is 9.59 Å². The van der Waals surface area contributed by atoms with Crippen molar-refractivity contribution >= 4 is 23.2 Å². The topological polar surface area (TPSA) is 68.3 Å². The summed E-state index contributed by atoms with van der Waals surface area (Å²) in [5.41, 5.74) is 1.95. The Labute approximate surface area is 217 Å². The summed E-state index contributed by atoms with van der Waals surface area (Å²) >= 11 is 1.61. The van der Waals surface area contributed by atoms with Gasteiger partial charge in [0.05, 0.1) is 40.3 Å². The van der Waals surface area contributed by atoms with Gasteiger partial charge in [0.2, 0.25) is 11.8 Å². The third-order valence-corrected chi connectivity index (χ3v) is 6.70. The number of carbonyl (C=O) groups excluding carboxylic acids is 2. The van der Waals surface area contributed by atoms with E-state index < -0.39 is 0 Å². The number of hydrogen-bond acceptors (Lipinski definition) is 6. The van der Waals surface area contributed by atoms with Gasteiger partial charge in [0.15, 0.2) is 11.5 Å². The standard InChI is InChI=1S/C28H34N2O5S/c1-33-16-15-30(27(31)19-22-8-5-4-6-9-22)21-28(32)29(20-24-10-7-17-36-24)14-13-23-11-12-25(34-2)26(18-23)35-3/h4-12,17-18H,13-16,19-21H2,1-3H3. The molecule has 0 spiro atoms. The van der Waals surface area contributed by atoms with Gasteiger partial charge in [-0.1, -0.05) is 42.5 Å². The first kappa shape index (κ1) is 27.2. The van der Waals surface area contributed by atoms with E-state index in [1.54, 1.807) is 37.6 Å². The highest BCUT2D eigenvalue weighted by Gasteiger charge is 2.22. The molecule has 0 aliphatic rings. The molecule has 0 aliphatic carbocycles. The number of methoxy groups -OCH3 is 3. The molecule has 0 saturated heterocycles. The molecule has 1 aromatic heterocycles. The van der Waals surface area contributed by atoms with Crippen LogP contribution in [-0.2, 0) is 33.7 Å². The van der Waals surface area contributed by atoms with Crippen molar-refractivity contribution in [2.75, 3.05) is 47.6 Å². The number of rotatable bonds is 14. The first-order chi connectivity index (χ1) is 17.5. The maximum absolute atomic E-state index is 13.5. The zero-order valence-corrected chi connectivity index (χ0v) is 22.0. The van der Waals surface area contributed by atoms with Gasteiger partial charge in [0.25, 0.3) is 0 Å². The lowest BCUT2D eigenvalue weighted by Gasteiger charge is -2.28. The second-order valence-electron chi connectivity index (χ2n) is 8.30. The van der Waals surface area contributed by atoms with Crippen molar-refractivity contribution in [3.8, 4) is 11.5 Å². The van der Waals surface area contributed by atoms with Crippen LogP contribution in [0, 0.1) is 0 Å². The first-order valence-corrected chi connectivity index (χ1v) is 12.7. The third-order valence-electron chi connectivity index (χ3n) is 5.84. The van der Waals surface area contributed by atoms with Crippen LogP contribution in [0.3, 0.4) is 0 Å². The minimum Gasteiger partial charge on any atom is -0.493 e. The maximum Gasteiger partial charge on any atom is 0.242 e. The lowest BCUT2D eigenvalue weighted by molar-refractivity contribution is -0.141. The molecule has 0 unspecified atom stereocenters. The molecule has 7 nitrogen and oxygen atoms in total. The van der Waals surface area contributed by atoms with Crippen LogP contribution in [0.1, 0.15) is 16.0 Å². The number of hydrogen-bond donors (Lipinski definition) is 0. The number of ether oxygens (including phenoxy) is 3. The lowest BCUT2D eigenvalue weighted by atomic mass is 10.1. The maximum atomic E-state index is 13.5. The molecule has 0 N–H and O–H groups in total. The van der Waals surface area contributed by atoms with E-state index in [2.05, 4.69) is 0 Å². The van der Waals surface area contributed by atoms with Crippen LogP contribution in [0.5, 0.6) is 11.5 Å². The molecule has 0 saturated carbocycles. The highest BCUT2D eigenvalue weighted by atomic mass is 32.1. The molecule has 8 heteroatoms. The minimum absolute atomic E-state index is 0.00629. The Morgan fingerprint density at radius 2 is 1.58 bits per heavy atom. The fourth-order valence-electron chi connectivity index (χ4n) is 3.82. The van der Waals surface area contributed by atoms with Gasteiger partial charge in [-0.25, -0.2) is 0 Å². The number of benzene rings is 2. The summed E-state index contributed by atoms with van der Waals surface area (Å²) in [5, 5.41) is 2.00. The Balaban J connectivity index is 1.72. The molecule has 0 radical (unpaired) electrons. The average molecular weight is 511 g/mol. The van der Waals surface area contributed by atoms with E-state index in [4.69, 9.17) is 14.2 Å². The largest absolute Gasteiger partial charge is 0.493 e. The second kappa shape index (κ2) is 14.3. The third kappa shape index (κ3) is 8.10. The highest BCUT2D eigenvalue weighted by Crippen LogP contribution is 2.28. The molecule has 0 bridgehead atoms. The summed E-state index contributed by atoms with van der Waals surface area (Å²) in [6, 6.07) is 19.3. The Bertz CT molecular complexity index is 1090. The second-order valence-corrected chi connectivity index (χ2v) is 9.34. The monoisotopic (exact) mass is 510 g/mol. The minimum atomic E-state index is -0.0959. The van der Waals surface area contributed by atoms with Gasteiger partial charge >= 0.3 is 0 Å². The summed E-state index contributed by atoms with van der Waals surface area (Å²) in [6.45, 7) is 1.74. The lowest BCUT2D eigenvalue weighted by Crippen LogP contribution is -2.45. The van der Waals surface area contributed by atoms with E-state index in [0.29, 0.717) is 44.2 Å². The van der Waals surface area contributed by atoms with E-state index in [-0.39, 0.29) is 24.8 Å². The molecular weight excluding hydrogens is 476 g/mol. The SMILES string of the molecule is COCCN(CC(=O)N(CCc1ccc(OC)c(OC)c1)Cc1cccs1)C(=O)Cc1ccccc1. The summed E-state index contributed by atoms with van der Waals surface area (Å²) in [6.07, 6.45) is 0.891. The van der Waals surface area contributed by atoms with Crippen LogP contribution >= 0.6 is 11.3 Å². The first-order valence-electron chi connectivity index (χ1n) is 11.9. The zero-order valence-electron chi connectivity index (χ0n) is 21.1. The highest BCUT2D eigenvalue weighted by molar-refractivity contribution is 7.09. The van der Waals surface area contributed by atoms with Crippen LogP contribution in [-0.4, -0.2) is 69.2 Å². The van der Waals surface area contributed by atoms with Crippen LogP contribution in [0.4, 0.5) is 0 Å². The van der Waals surface area contributed by atoms with Gasteiger partial charge < -0.3 is 24.0 Å². The quantitative estimate of drug-likeness (QED) is 0.327. The van der Waals surface area contributed by atoms with Gasteiger partial charge in [0, 0.05) is 25.1 Å². The van der Waals surface area contributed by atoms with Gasteiger partial charge in [-0.05, 0) is 41.1 Å². The number of carbonyl (C=O) groups is 2. The molecule has 2 aromatic carbocycles. The Hall–Kier alpha value is -3.36. The average Bonchev–Trinajstić information content (AvgIpc) is 3.42. The van der Waals surface area contributed by atoms with Gasteiger partial charge in [0.1, 0.15) is 0 Å². The molecule has 36 heavy (non-hydrogen) atoms. The Kier molecular flexibility index (Phi) is 10.8. The van der Waals surface area contributed by atoms with Crippen molar-refractivity contribution < 1.29 is 23.8 Å². The predicted octanol–water partition coefficient (Wildman–Crippen LogP) is 4.05. The number of thiophene rings is 1. The summed E-state index contributed by atoms with van der Waals surface area (Å²) in [4.78, 5) is 31.1. The van der Waals surface area contributed by atoms with E-state index in [0.717, 1.165) is 16.0 Å². The van der Waals surface area contributed by atoms with E-state index in [1.807, 2.05) is 70.9 Å². The summed E-state index contributed by atoms with van der Waals surface area (Å²) < 4.78 is 16.0. The van der Waals surface area contributed by atoms with Crippen molar-refractivity contribution in [3.63, 3.8) is 0 Å². The fraction of sp³-hybridized carbons (Fsp3) is 0.357. The fourth-order valence-corrected chi connectivity index (χ4v) is 4.54. The van der Waals surface area contributed by atoms with Gasteiger partial charge in [-0.2, -0.15) is 0 Å². The molecule has 192 valence electrons. The van der Waals surface area contributed by atoms with Crippen molar-refractivity contribution in [1.29, 1.82) is 0 Å². The summed E-state index contributed by atoms with van der Waals surface area (Å²) in [7, 11) is 4.80. The molecule has 0 atom stereocenters. The summed E-state index contributed by atoms with van der Waals surface area (Å²) in [5.74, 6) is 1.13. The zero-order chi connectivity index (χ0) is 25.8. The smallest absolute Gasteiger partial charge is 0.242 e. The van der Waals surface area contributed by atoms with E-state index >= 15 is 0 Å². The molecule has 0 fully saturated rings. The molecule has 2 amide bonds. The molecule has 3 aromatic rings. The van der Waals surface area contributed by atoms with Crippen LogP contribution in [0.15, 0.2) is 66.0 Å². The van der Waals surface area contributed by atoms with Crippen molar-refractivity contribution in [1.82, 2.24) is 9.80 Å². The Morgan fingerprint density at radius 1 is 0.806 bits per heavy atom. The van der Waals surface area contributed by atoms with Crippen molar-refractivity contribution in [2.45, 2.75) is 19.4 Å². The molecule has 3 rings (SSSR count). The predicted molar refractivity (Wildman–Crippen MR) is 142 cm³/mol. The normalized spacial score (nSPS) is 10.6. The molecule has 1 heterocycles. The Morgan fingerprint density at radius 3 is 2.25 bits per heavy atom. The van der Waals surface area contributed by atoms with Crippen LogP contribution in [0.25, 0.3) is 0 Å². The molecular formula is C28H34N2O5S. The van der Waals surface area contributed by atoms with Crippen LogP contribution < -0.4 is 9.47 Å². The van der Waals surface area contributed by atoms with Crippen molar-refractivity contribution in [3.05, 3.63) is 82.0 Å². The number of nitrogens with zero attached hydrogens (tertiary/aromatic N) is 2. The number of amides is 2. The molecule has 0 aliphatic heterocycles. The van der Waals surface area contributed by atoms with E-state index in [1.165, 1.54) is 0 Å². The van der Waals surface area contributed by atoms with Crippen molar-refractivity contribution in [2.24, 2.45) is 0 Å². The van der Waals surface area contributed by atoms with Gasteiger partial charge in [-0.15, -0.1) is 11.3 Å².